The molecule has 0 bridgehead atoms. The van der Waals surface area contributed by atoms with Crippen molar-refractivity contribution >= 4 is 21.8 Å². The molecular weight excluding hydrogens is 808 g/mol. The van der Waals surface area contributed by atoms with E-state index in [0.717, 1.165) is 46.5 Å². The topological polar surface area (TPSA) is 44.9 Å². The van der Waals surface area contributed by atoms with Crippen molar-refractivity contribution in [1.29, 1.82) is 0 Å². The van der Waals surface area contributed by atoms with Gasteiger partial charge < -0.3 is 9.30 Å². The molecule has 0 aliphatic carbocycles. The molecule has 2 unspecified atom stereocenters. The van der Waals surface area contributed by atoms with Gasteiger partial charge in [0.2, 0.25) is 0 Å². The molecule has 0 radical (unpaired) electrons. The molecule has 0 aliphatic heterocycles. The van der Waals surface area contributed by atoms with Crippen LogP contribution in [0.25, 0.3) is 44.4 Å². The summed E-state index contributed by atoms with van der Waals surface area (Å²) in [6.07, 6.45) is 3.91. The first-order valence-electron chi connectivity index (χ1n) is 17.9. The Hall–Kier alpha value is -4.47. The molecule has 7 aromatic rings. The van der Waals surface area contributed by atoms with Crippen LogP contribution in [0.15, 0.2) is 97.2 Å². The van der Waals surface area contributed by atoms with Crippen molar-refractivity contribution in [3.63, 3.8) is 0 Å². The number of rotatable bonds is 9. The van der Waals surface area contributed by atoms with Gasteiger partial charge >= 0.3 is 21.1 Å². The monoisotopic (exact) mass is 853 g/mol. The van der Waals surface area contributed by atoms with Crippen LogP contribution in [0, 0.1) is 19.1 Å². The summed E-state index contributed by atoms with van der Waals surface area (Å²) in [5, 5.41) is 7.58. The molecule has 4 aromatic carbocycles. The van der Waals surface area contributed by atoms with Crippen LogP contribution in [0.2, 0.25) is 0 Å². The molecule has 0 fully saturated rings. The quantitative estimate of drug-likeness (QED) is 0.136. The van der Waals surface area contributed by atoms with E-state index < -0.39 is 0 Å². The molecule has 262 valence electrons. The van der Waals surface area contributed by atoms with Crippen LogP contribution in [0.3, 0.4) is 0 Å². The van der Waals surface area contributed by atoms with Gasteiger partial charge in [0, 0.05) is 34.7 Å². The van der Waals surface area contributed by atoms with Gasteiger partial charge in [0.1, 0.15) is 5.82 Å². The number of benzene rings is 4. The maximum absolute atomic E-state index is 6.57. The van der Waals surface area contributed by atoms with E-state index in [4.69, 9.17) is 14.8 Å². The summed E-state index contributed by atoms with van der Waals surface area (Å²) in [5.74, 6) is 2.70. The van der Waals surface area contributed by atoms with Gasteiger partial charge in [-0.3, -0.25) is 4.68 Å². The van der Waals surface area contributed by atoms with Crippen LogP contribution in [0.5, 0.6) is 11.5 Å². The van der Waals surface area contributed by atoms with Crippen molar-refractivity contribution in [3.8, 4) is 34.1 Å². The van der Waals surface area contributed by atoms with Gasteiger partial charge in [-0.15, -0.1) is 35.7 Å². The molecule has 7 rings (SSSR count). The zero-order valence-corrected chi connectivity index (χ0v) is 33.1. The van der Waals surface area contributed by atoms with Gasteiger partial charge in [0.25, 0.3) is 0 Å². The Morgan fingerprint density at radius 1 is 0.784 bits per heavy atom. The first-order chi connectivity index (χ1) is 24.1. The third kappa shape index (κ3) is 6.94. The summed E-state index contributed by atoms with van der Waals surface area (Å²) in [5.41, 5.74) is 10.1. The van der Waals surface area contributed by atoms with Gasteiger partial charge in [-0.1, -0.05) is 102 Å². The fourth-order valence-corrected chi connectivity index (χ4v) is 6.80. The second-order valence-electron chi connectivity index (χ2n) is 14.6. The smallest absolute Gasteiger partial charge is 0.509 e. The molecule has 0 spiro atoms. The van der Waals surface area contributed by atoms with Crippen LogP contribution >= 0.6 is 0 Å². The summed E-state index contributed by atoms with van der Waals surface area (Å²) in [7, 11) is 0. The number of hydrogen-bond donors (Lipinski definition) is 0. The van der Waals surface area contributed by atoms with E-state index in [9.17, 15) is 0 Å². The SMILES string of the molecule is CCC(C)c1nn(-c2[c-]c(Oc3[c-]c4c(cc3)c3cc(C)ccc3n4-c3cc(C(C)(C)C)ccn3)ccc2)c(C(C)CC)c1-c1ccccc1.[Pt+2]. The third-order valence-corrected chi connectivity index (χ3v) is 10.0. The van der Waals surface area contributed by atoms with Crippen LogP contribution in [-0.4, -0.2) is 19.3 Å². The number of aryl methyl sites for hydroxylation is 1. The molecule has 51 heavy (non-hydrogen) atoms. The van der Waals surface area contributed by atoms with Gasteiger partial charge in [-0.05, 0) is 71.5 Å². The maximum atomic E-state index is 6.57. The summed E-state index contributed by atoms with van der Waals surface area (Å²) in [4.78, 5) is 4.84. The number of pyridine rings is 1. The molecule has 0 saturated carbocycles. The molecule has 0 aliphatic rings. The Balaban J connectivity index is 0.00000448. The molecular formula is C45H46N4OPt. The van der Waals surface area contributed by atoms with Crippen molar-refractivity contribution in [1.82, 2.24) is 19.3 Å². The molecule has 2 atom stereocenters. The van der Waals surface area contributed by atoms with E-state index in [1.165, 1.54) is 33.3 Å². The molecule has 5 nitrogen and oxygen atoms in total. The minimum absolute atomic E-state index is 0. The van der Waals surface area contributed by atoms with E-state index in [1.807, 2.05) is 24.4 Å². The van der Waals surface area contributed by atoms with Gasteiger partial charge in [0.15, 0.2) is 0 Å². The second kappa shape index (κ2) is 14.6. The predicted octanol–water partition coefficient (Wildman–Crippen LogP) is 12.1. The van der Waals surface area contributed by atoms with Crippen molar-refractivity contribution in [2.24, 2.45) is 0 Å². The van der Waals surface area contributed by atoms with Gasteiger partial charge in [0.05, 0.1) is 11.4 Å². The number of ether oxygens (including phenoxy) is 1. The Morgan fingerprint density at radius 2 is 1.53 bits per heavy atom. The number of fused-ring (bicyclic) bond motifs is 3. The molecule has 6 heteroatoms. The van der Waals surface area contributed by atoms with Crippen molar-refractivity contribution in [3.05, 3.63) is 132 Å². The van der Waals surface area contributed by atoms with Crippen LogP contribution in [0.4, 0.5) is 0 Å². The Bertz CT molecular complexity index is 2310. The summed E-state index contributed by atoms with van der Waals surface area (Å²) >= 11 is 0. The predicted molar refractivity (Wildman–Crippen MR) is 206 cm³/mol. The zero-order valence-electron chi connectivity index (χ0n) is 30.8. The molecule has 0 amide bonds. The fourth-order valence-electron chi connectivity index (χ4n) is 6.80. The van der Waals surface area contributed by atoms with E-state index in [1.54, 1.807) is 0 Å². The second-order valence-corrected chi connectivity index (χ2v) is 14.6. The molecule has 0 saturated heterocycles. The van der Waals surface area contributed by atoms with Crippen LogP contribution in [0.1, 0.15) is 95.7 Å². The summed E-state index contributed by atoms with van der Waals surface area (Å²) < 4.78 is 10.9. The number of aromatic nitrogens is 4. The number of nitrogens with zero attached hydrogens (tertiary/aromatic N) is 4. The maximum Gasteiger partial charge on any atom is 2.00 e. The van der Waals surface area contributed by atoms with Gasteiger partial charge in [-0.25, -0.2) is 4.98 Å². The third-order valence-electron chi connectivity index (χ3n) is 10.0. The number of hydrogen-bond acceptors (Lipinski definition) is 3. The van der Waals surface area contributed by atoms with E-state index >= 15 is 0 Å². The molecule has 3 aromatic heterocycles. The standard InChI is InChI=1S/C45H46N4O.Pt/c1-9-30(4)43-42(32-15-12-11-13-16-32)44(31(5)10-2)49(47-43)34-17-14-18-35(27-34)50-36-20-21-37-38-25-29(3)19-22-39(38)48(40(37)28-36)41-26-33(23-24-46-41)45(6,7)8;/h11-26,30-31H,9-10H2,1-8H3;/q-2;+2. The summed E-state index contributed by atoms with van der Waals surface area (Å²) in [6.45, 7) is 17.8. The average Bonchev–Trinajstić information content (AvgIpc) is 3.67. The van der Waals surface area contributed by atoms with Crippen molar-refractivity contribution in [2.45, 2.75) is 85.5 Å². The van der Waals surface area contributed by atoms with Crippen LogP contribution in [-0.2, 0) is 26.5 Å². The van der Waals surface area contributed by atoms with Crippen molar-refractivity contribution < 1.29 is 25.8 Å². The normalized spacial score (nSPS) is 12.9. The van der Waals surface area contributed by atoms with Crippen molar-refractivity contribution in [2.75, 3.05) is 0 Å². The average molecular weight is 854 g/mol. The van der Waals surface area contributed by atoms with E-state index in [0.29, 0.717) is 23.3 Å². The fraction of sp³-hybridized carbons (Fsp3) is 0.289. The zero-order chi connectivity index (χ0) is 35.2. The first-order valence-corrected chi connectivity index (χ1v) is 17.9. The van der Waals surface area contributed by atoms with E-state index in [2.05, 4.69) is 150 Å². The first kappa shape index (κ1) is 36.3. The molecule has 0 N–H and O–H groups in total. The Labute approximate surface area is 317 Å². The Morgan fingerprint density at radius 3 is 2.25 bits per heavy atom. The Kier molecular flexibility index (Phi) is 10.4. The van der Waals surface area contributed by atoms with Crippen LogP contribution < -0.4 is 4.74 Å². The summed E-state index contributed by atoms with van der Waals surface area (Å²) in [6, 6.07) is 38.9. The molecule has 3 heterocycles. The minimum atomic E-state index is -0.00750. The minimum Gasteiger partial charge on any atom is -0.509 e. The largest absolute Gasteiger partial charge is 2.00 e. The van der Waals surface area contributed by atoms with Gasteiger partial charge in [-0.2, -0.15) is 17.2 Å². The van der Waals surface area contributed by atoms with E-state index in [-0.39, 0.29) is 26.5 Å².